The van der Waals surface area contributed by atoms with Gasteiger partial charge in [0, 0.05) is 12.2 Å². The number of rotatable bonds is 7. The lowest BCUT2D eigenvalue weighted by Crippen LogP contribution is -2.19. The minimum atomic E-state index is -0.149. The Hall–Kier alpha value is -2.17. The van der Waals surface area contributed by atoms with Gasteiger partial charge in [0.2, 0.25) is 5.91 Å². The van der Waals surface area contributed by atoms with Crippen molar-refractivity contribution in [1.82, 2.24) is 0 Å². The molecule has 0 fully saturated rings. The van der Waals surface area contributed by atoms with E-state index < -0.39 is 0 Å². The Labute approximate surface area is 124 Å². The molecule has 0 aliphatic rings. The number of amides is 1. The number of carbonyl (C=O) groups is 1. The SMILES string of the molecule is NCc1ccc(NC(=O)COCCc2ccccc2)cc1. The Kier molecular flexibility index (Phi) is 5.94. The van der Waals surface area contributed by atoms with Gasteiger partial charge in [-0.3, -0.25) is 4.79 Å². The summed E-state index contributed by atoms with van der Waals surface area (Å²) in [7, 11) is 0. The van der Waals surface area contributed by atoms with Gasteiger partial charge in [0.25, 0.3) is 0 Å². The molecule has 0 saturated heterocycles. The van der Waals surface area contributed by atoms with Crippen LogP contribution in [-0.2, 0) is 22.5 Å². The lowest BCUT2D eigenvalue weighted by molar-refractivity contribution is -0.120. The van der Waals surface area contributed by atoms with Crippen LogP contribution in [-0.4, -0.2) is 19.1 Å². The first-order valence-corrected chi connectivity index (χ1v) is 6.98. The molecular weight excluding hydrogens is 264 g/mol. The Balaban J connectivity index is 1.67. The van der Waals surface area contributed by atoms with Crippen LogP contribution >= 0.6 is 0 Å². The molecule has 21 heavy (non-hydrogen) atoms. The van der Waals surface area contributed by atoms with Crippen molar-refractivity contribution in [3.05, 3.63) is 65.7 Å². The Morgan fingerprint density at radius 2 is 1.71 bits per heavy atom. The average Bonchev–Trinajstić information content (AvgIpc) is 2.53. The monoisotopic (exact) mass is 284 g/mol. The molecule has 2 aromatic rings. The second kappa shape index (κ2) is 8.19. The summed E-state index contributed by atoms with van der Waals surface area (Å²) in [6.07, 6.45) is 0.805. The molecule has 0 unspecified atom stereocenters. The molecule has 4 nitrogen and oxygen atoms in total. The van der Waals surface area contributed by atoms with Crippen LogP contribution in [0.2, 0.25) is 0 Å². The summed E-state index contributed by atoms with van der Waals surface area (Å²) < 4.78 is 5.38. The smallest absolute Gasteiger partial charge is 0.250 e. The molecule has 110 valence electrons. The molecule has 2 aromatic carbocycles. The summed E-state index contributed by atoms with van der Waals surface area (Å²) >= 11 is 0. The lowest BCUT2D eigenvalue weighted by Gasteiger charge is -2.07. The standard InChI is InChI=1S/C17H20N2O2/c18-12-15-6-8-16(9-7-15)19-17(20)13-21-11-10-14-4-2-1-3-5-14/h1-9H,10-13,18H2,(H,19,20). The van der Waals surface area contributed by atoms with Crippen LogP contribution in [0.1, 0.15) is 11.1 Å². The first kappa shape index (κ1) is 15.2. The highest BCUT2D eigenvalue weighted by Crippen LogP contribution is 2.08. The topological polar surface area (TPSA) is 64.3 Å². The van der Waals surface area contributed by atoms with Gasteiger partial charge in [0.1, 0.15) is 6.61 Å². The van der Waals surface area contributed by atoms with Crippen molar-refractivity contribution in [3.8, 4) is 0 Å². The van der Waals surface area contributed by atoms with E-state index in [0.29, 0.717) is 13.2 Å². The fourth-order valence-electron chi connectivity index (χ4n) is 1.92. The number of anilines is 1. The minimum Gasteiger partial charge on any atom is -0.371 e. The molecular formula is C17H20N2O2. The number of hydrogen-bond donors (Lipinski definition) is 2. The van der Waals surface area contributed by atoms with Gasteiger partial charge in [-0.25, -0.2) is 0 Å². The van der Waals surface area contributed by atoms with Crippen molar-refractivity contribution in [2.45, 2.75) is 13.0 Å². The Bertz CT molecular complexity index is 553. The van der Waals surface area contributed by atoms with Gasteiger partial charge in [0.15, 0.2) is 0 Å². The first-order valence-electron chi connectivity index (χ1n) is 6.98. The zero-order valence-electron chi connectivity index (χ0n) is 11.9. The van der Waals surface area contributed by atoms with E-state index in [1.54, 1.807) is 0 Å². The van der Waals surface area contributed by atoms with E-state index in [4.69, 9.17) is 10.5 Å². The second-order valence-electron chi connectivity index (χ2n) is 4.74. The van der Waals surface area contributed by atoms with Gasteiger partial charge in [0.05, 0.1) is 6.61 Å². The number of hydrogen-bond acceptors (Lipinski definition) is 3. The number of ether oxygens (including phenoxy) is 1. The molecule has 0 saturated carbocycles. The third kappa shape index (κ3) is 5.38. The predicted octanol–water partition coefficient (Wildman–Crippen LogP) is 2.34. The molecule has 0 heterocycles. The van der Waals surface area contributed by atoms with Gasteiger partial charge < -0.3 is 15.8 Å². The van der Waals surface area contributed by atoms with Crippen LogP contribution in [0, 0.1) is 0 Å². The van der Waals surface area contributed by atoms with Gasteiger partial charge in [-0.15, -0.1) is 0 Å². The van der Waals surface area contributed by atoms with Gasteiger partial charge in [-0.1, -0.05) is 42.5 Å². The van der Waals surface area contributed by atoms with E-state index in [1.165, 1.54) is 5.56 Å². The van der Waals surface area contributed by atoms with Gasteiger partial charge in [-0.05, 0) is 29.7 Å². The molecule has 2 rings (SSSR count). The summed E-state index contributed by atoms with van der Waals surface area (Å²) in [6.45, 7) is 1.09. The van der Waals surface area contributed by atoms with Crippen LogP contribution in [0.4, 0.5) is 5.69 Å². The maximum Gasteiger partial charge on any atom is 0.250 e. The fraction of sp³-hybridized carbons (Fsp3) is 0.235. The predicted molar refractivity (Wildman–Crippen MR) is 83.9 cm³/mol. The van der Waals surface area contributed by atoms with Crippen LogP contribution in [0.15, 0.2) is 54.6 Å². The van der Waals surface area contributed by atoms with E-state index in [2.05, 4.69) is 5.32 Å². The maximum atomic E-state index is 11.7. The molecule has 0 aromatic heterocycles. The highest BCUT2D eigenvalue weighted by atomic mass is 16.5. The summed E-state index contributed by atoms with van der Waals surface area (Å²) in [5.41, 5.74) is 8.51. The van der Waals surface area contributed by atoms with Crippen LogP contribution in [0.25, 0.3) is 0 Å². The van der Waals surface area contributed by atoms with E-state index in [-0.39, 0.29) is 12.5 Å². The number of carbonyl (C=O) groups excluding carboxylic acids is 1. The number of nitrogens with one attached hydrogen (secondary N) is 1. The molecule has 0 spiro atoms. The van der Waals surface area contributed by atoms with Crippen molar-refractivity contribution in [2.75, 3.05) is 18.5 Å². The zero-order chi connectivity index (χ0) is 14.9. The van der Waals surface area contributed by atoms with Crippen molar-refractivity contribution in [2.24, 2.45) is 5.73 Å². The van der Waals surface area contributed by atoms with Crippen LogP contribution in [0.5, 0.6) is 0 Å². The minimum absolute atomic E-state index is 0.0610. The largest absolute Gasteiger partial charge is 0.371 e. The first-order chi connectivity index (χ1) is 10.3. The molecule has 0 radical (unpaired) electrons. The zero-order valence-corrected chi connectivity index (χ0v) is 11.9. The molecule has 4 heteroatoms. The highest BCUT2D eigenvalue weighted by molar-refractivity contribution is 5.91. The summed E-state index contributed by atoms with van der Waals surface area (Å²) in [6, 6.07) is 17.5. The second-order valence-corrected chi connectivity index (χ2v) is 4.74. The van der Waals surface area contributed by atoms with Gasteiger partial charge >= 0.3 is 0 Å². The van der Waals surface area contributed by atoms with Gasteiger partial charge in [-0.2, -0.15) is 0 Å². The van der Waals surface area contributed by atoms with Crippen LogP contribution < -0.4 is 11.1 Å². The maximum absolute atomic E-state index is 11.7. The average molecular weight is 284 g/mol. The normalized spacial score (nSPS) is 10.3. The molecule has 0 aliphatic heterocycles. The van der Waals surface area contributed by atoms with E-state index in [0.717, 1.165) is 17.7 Å². The third-order valence-corrected chi connectivity index (χ3v) is 3.08. The number of nitrogens with two attached hydrogens (primary N) is 1. The Morgan fingerprint density at radius 1 is 1.00 bits per heavy atom. The third-order valence-electron chi connectivity index (χ3n) is 3.08. The van der Waals surface area contributed by atoms with E-state index >= 15 is 0 Å². The highest BCUT2D eigenvalue weighted by Gasteiger charge is 2.02. The Morgan fingerprint density at radius 3 is 2.38 bits per heavy atom. The van der Waals surface area contributed by atoms with Crippen molar-refractivity contribution >= 4 is 11.6 Å². The lowest BCUT2D eigenvalue weighted by atomic mass is 10.2. The molecule has 0 aliphatic carbocycles. The van der Waals surface area contributed by atoms with Crippen LogP contribution in [0.3, 0.4) is 0 Å². The van der Waals surface area contributed by atoms with Crippen molar-refractivity contribution < 1.29 is 9.53 Å². The molecule has 0 atom stereocenters. The number of benzene rings is 2. The molecule has 1 amide bonds. The van der Waals surface area contributed by atoms with E-state index in [1.807, 2.05) is 54.6 Å². The molecule has 0 bridgehead atoms. The fourth-order valence-corrected chi connectivity index (χ4v) is 1.92. The van der Waals surface area contributed by atoms with Crippen molar-refractivity contribution in [1.29, 1.82) is 0 Å². The van der Waals surface area contributed by atoms with Crippen molar-refractivity contribution in [3.63, 3.8) is 0 Å². The molecule has 3 N–H and O–H groups in total. The summed E-state index contributed by atoms with van der Waals surface area (Å²) in [5, 5.41) is 2.79. The quantitative estimate of drug-likeness (QED) is 0.767. The van der Waals surface area contributed by atoms with E-state index in [9.17, 15) is 4.79 Å². The summed E-state index contributed by atoms with van der Waals surface area (Å²) in [4.78, 5) is 11.7. The summed E-state index contributed by atoms with van der Waals surface area (Å²) in [5.74, 6) is -0.149.